The fourth-order valence-corrected chi connectivity index (χ4v) is 4.73. The smallest absolute Gasteiger partial charge is 0.322 e. The van der Waals surface area contributed by atoms with Crippen LogP contribution in [0.25, 0.3) is 0 Å². The highest BCUT2D eigenvalue weighted by molar-refractivity contribution is 7.10. The summed E-state index contributed by atoms with van der Waals surface area (Å²) in [6, 6.07) is 19.6. The summed E-state index contributed by atoms with van der Waals surface area (Å²) in [4.78, 5) is 31.6. The summed E-state index contributed by atoms with van der Waals surface area (Å²) < 4.78 is 0. The van der Waals surface area contributed by atoms with Crippen molar-refractivity contribution in [1.82, 2.24) is 9.80 Å². The van der Waals surface area contributed by atoms with Gasteiger partial charge in [0.2, 0.25) is 5.91 Å². The Morgan fingerprint density at radius 1 is 0.971 bits per heavy atom. The molecule has 2 aromatic carbocycles. The van der Waals surface area contributed by atoms with Crippen LogP contribution in [-0.2, 0) is 24.3 Å². The number of rotatable bonds is 10. The largest absolute Gasteiger partial charge is 0.332 e. The van der Waals surface area contributed by atoms with Crippen molar-refractivity contribution in [2.45, 2.75) is 59.7 Å². The summed E-state index contributed by atoms with van der Waals surface area (Å²) in [7, 11) is 0. The van der Waals surface area contributed by atoms with Gasteiger partial charge in [-0.05, 0) is 60.9 Å². The second kappa shape index (κ2) is 12.4. The number of urea groups is 1. The molecule has 3 amide bonds. The van der Waals surface area contributed by atoms with Crippen molar-refractivity contribution in [3.8, 4) is 0 Å². The van der Waals surface area contributed by atoms with E-state index in [2.05, 4.69) is 30.6 Å². The van der Waals surface area contributed by atoms with E-state index in [9.17, 15) is 9.59 Å². The molecule has 0 unspecified atom stereocenters. The molecule has 1 N–H and O–H groups in total. The number of nitrogens with one attached hydrogen (secondary N) is 1. The third-order valence-electron chi connectivity index (χ3n) is 6.20. The average molecular weight is 478 g/mol. The number of thiophene rings is 1. The third kappa shape index (κ3) is 6.70. The molecule has 34 heavy (non-hydrogen) atoms. The lowest BCUT2D eigenvalue weighted by Gasteiger charge is -2.31. The van der Waals surface area contributed by atoms with Crippen LogP contribution in [0.1, 0.15) is 48.8 Å². The lowest BCUT2D eigenvalue weighted by atomic mass is 10.1. The molecule has 5 nitrogen and oxygen atoms in total. The van der Waals surface area contributed by atoms with Crippen molar-refractivity contribution >= 4 is 29.0 Å². The van der Waals surface area contributed by atoms with E-state index in [0.29, 0.717) is 13.1 Å². The lowest BCUT2D eigenvalue weighted by molar-refractivity contribution is -0.133. The fourth-order valence-electron chi connectivity index (χ4n) is 3.81. The van der Waals surface area contributed by atoms with Crippen LogP contribution in [0.5, 0.6) is 0 Å². The SMILES string of the molecule is CCc1ccccc1NC(=O)N(CC(=O)N(Cc1ccccc1)Cc1sccc1C)[C@@H](C)CC. The van der Waals surface area contributed by atoms with Crippen LogP contribution in [0.15, 0.2) is 66.0 Å². The van der Waals surface area contributed by atoms with E-state index >= 15 is 0 Å². The van der Waals surface area contributed by atoms with E-state index in [1.807, 2.05) is 73.3 Å². The Balaban J connectivity index is 1.81. The summed E-state index contributed by atoms with van der Waals surface area (Å²) in [5, 5.41) is 5.10. The highest BCUT2D eigenvalue weighted by Gasteiger charge is 2.26. The van der Waals surface area contributed by atoms with Crippen LogP contribution in [0, 0.1) is 6.92 Å². The van der Waals surface area contributed by atoms with Crippen molar-refractivity contribution in [1.29, 1.82) is 0 Å². The Kier molecular flexibility index (Phi) is 9.28. The highest BCUT2D eigenvalue weighted by atomic mass is 32.1. The van der Waals surface area contributed by atoms with Crippen molar-refractivity contribution in [2.24, 2.45) is 0 Å². The van der Waals surface area contributed by atoms with Crippen LogP contribution in [0.3, 0.4) is 0 Å². The van der Waals surface area contributed by atoms with E-state index in [4.69, 9.17) is 0 Å². The Hall–Kier alpha value is -3.12. The Labute approximate surface area is 207 Å². The maximum Gasteiger partial charge on any atom is 0.322 e. The van der Waals surface area contributed by atoms with Crippen LogP contribution in [-0.4, -0.2) is 34.3 Å². The van der Waals surface area contributed by atoms with Crippen molar-refractivity contribution in [2.75, 3.05) is 11.9 Å². The molecule has 1 aromatic heterocycles. The lowest BCUT2D eigenvalue weighted by Crippen LogP contribution is -2.48. The zero-order valence-corrected chi connectivity index (χ0v) is 21.4. The van der Waals surface area contributed by atoms with Gasteiger partial charge in [0.05, 0.1) is 6.54 Å². The van der Waals surface area contributed by atoms with Crippen LogP contribution < -0.4 is 5.32 Å². The first-order valence-electron chi connectivity index (χ1n) is 11.9. The Morgan fingerprint density at radius 2 is 1.68 bits per heavy atom. The second-order valence-electron chi connectivity index (χ2n) is 8.59. The number of hydrogen-bond acceptors (Lipinski definition) is 3. The standard InChI is InChI=1S/C28H35N3O2S/c1-5-22(4)31(28(33)29-25-15-11-10-14-24(25)6-2)20-27(32)30(18-23-12-8-7-9-13-23)19-26-21(3)16-17-34-26/h7-17,22H,5-6,18-20H2,1-4H3,(H,29,33)/t22-/m0/s1. The molecule has 6 heteroatoms. The minimum absolute atomic E-state index is 0.0341. The van der Waals surface area contributed by atoms with Crippen LogP contribution in [0.2, 0.25) is 0 Å². The predicted octanol–water partition coefficient (Wildman–Crippen LogP) is 6.48. The van der Waals surface area contributed by atoms with Crippen molar-refractivity contribution in [3.63, 3.8) is 0 Å². The molecule has 0 bridgehead atoms. The quantitative estimate of drug-likeness (QED) is 0.363. The fraction of sp³-hybridized carbons (Fsp3) is 0.357. The molecule has 0 saturated carbocycles. The molecule has 0 aliphatic carbocycles. The van der Waals surface area contributed by atoms with Gasteiger partial charge in [-0.25, -0.2) is 4.79 Å². The molecule has 3 aromatic rings. The summed E-state index contributed by atoms with van der Waals surface area (Å²) in [5.41, 5.74) is 4.13. The first kappa shape index (κ1) is 25.5. The monoisotopic (exact) mass is 477 g/mol. The van der Waals surface area contributed by atoms with Crippen LogP contribution in [0.4, 0.5) is 10.5 Å². The number of anilines is 1. The Morgan fingerprint density at radius 3 is 2.32 bits per heavy atom. The molecular formula is C28H35N3O2S. The molecular weight excluding hydrogens is 442 g/mol. The predicted molar refractivity (Wildman–Crippen MR) is 141 cm³/mol. The number of carbonyl (C=O) groups is 2. The van der Waals surface area contributed by atoms with Gasteiger partial charge in [-0.15, -0.1) is 11.3 Å². The molecule has 1 atom stereocenters. The zero-order valence-electron chi connectivity index (χ0n) is 20.6. The number of hydrogen-bond donors (Lipinski definition) is 1. The maximum atomic E-state index is 13.6. The molecule has 180 valence electrons. The van der Waals surface area contributed by atoms with E-state index in [1.165, 1.54) is 10.4 Å². The molecule has 0 aliphatic rings. The molecule has 0 radical (unpaired) electrons. The number of benzene rings is 2. The molecule has 0 fully saturated rings. The minimum atomic E-state index is -0.240. The van der Waals surface area contributed by atoms with E-state index in [-0.39, 0.29) is 24.5 Å². The zero-order chi connectivity index (χ0) is 24.5. The highest BCUT2D eigenvalue weighted by Crippen LogP contribution is 2.21. The van der Waals surface area contributed by atoms with Crippen molar-refractivity contribution in [3.05, 3.63) is 87.6 Å². The van der Waals surface area contributed by atoms with Gasteiger partial charge in [0.25, 0.3) is 0 Å². The van der Waals surface area contributed by atoms with Gasteiger partial charge in [-0.1, -0.05) is 62.4 Å². The molecule has 0 saturated heterocycles. The van der Waals surface area contributed by atoms with E-state index in [0.717, 1.165) is 29.7 Å². The minimum Gasteiger partial charge on any atom is -0.332 e. The number of nitrogens with zero attached hydrogens (tertiary/aromatic N) is 2. The molecule has 0 aliphatic heterocycles. The molecule has 3 rings (SSSR count). The maximum absolute atomic E-state index is 13.6. The number of aryl methyl sites for hydroxylation is 2. The molecule has 1 heterocycles. The summed E-state index contributed by atoms with van der Waals surface area (Å²) in [6.07, 6.45) is 1.59. The summed E-state index contributed by atoms with van der Waals surface area (Å²) in [5.74, 6) is -0.0594. The van der Waals surface area contributed by atoms with Gasteiger partial charge in [-0.3, -0.25) is 4.79 Å². The number of para-hydroxylation sites is 1. The van der Waals surface area contributed by atoms with E-state index in [1.54, 1.807) is 16.2 Å². The van der Waals surface area contributed by atoms with Gasteiger partial charge in [0.15, 0.2) is 0 Å². The van der Waals surface area contributed by atoms with Gasteiger partial charge >= 0.3 is 6.03 Å². The topological polar surface area (TPSA) is 52.7 Å². The van der Waals surface area contributed by atoms with Gasteiger partial charge < -0.3 is 15.1 Å². The molecule has 0 spiro atoms. The van der Waals surface area contributed by atoms with Gasteiger partial charge in [-0.2, -0.15) is 0 Å². The van der Waals surface area contributed by atoms with Gasteiger partial charge in [0.1, 0.15) is 6.54 Å². The third-order valence-corrected chi connectivity index (χ3v) is 7.21. The summed E-state index contributed by atoms with van der Waals surface area (Å²) in [6.45, 7) is 9.23. The summed E-state index contributed by atoms with van der Waals surface area (Å²) >= 11 is 1.66. The average Bonchev–Trinajstić information content (AvgIpc) is 3.26. The number of amides is 3. The first-order valence-corrected chi connectivity index (χ1v) is 12.8. The second-order valence-corrected chi connectivity index (χ2v) is 9.59. The normalized spacial score (nSPS) is 11.6. The van der Waals surface area contributed by atoms with Crippen molar-refractivity contribution < 1.29 is 9.59 Å². The van der Waals surface area contributed by atoms with Gasteiger partial charge in [0, 0.05) is 23.2 Å². The van der Waals surface area contributed by atoms with E-state index < -0.39 is 0 Å². The Bertz CT molecular complexity index is 1080. The number of carbonyl (C=O) groups excluding carboxylic acids is 2. The van der Waals surface area contributed by atoms with Crippen LogP contribution >= 0.6 is 11.3 Å². The first-order chi connectivity index (χ1) is 16.4.